The van der Waals surface area contributed by atoms with E-state index in [1.807, 2.05) is 0 Å². The molecule has 0 radical (unpaired) electrons. The second-order valence-corrected chi connectivity index (χ2v) is 4.31. The third-order valence-corrected chi connectivity index (χ3v) is 2.81. The Morgan fingerprint density at radius 3 is 2.48 bits per heavy atom. The number of halogens is 4. The van der Waals surface area contributed by atoms with Gasteiger partial charge in [-0.05, 0) is 28.5 Å². The second kappa shape index (κ2) is 5.34. The van der Waals surface area contributed by atoms with Crippen LogP contribution in [0.4, 0.5) is 29.1 Å². The van der Waals surface area contributed by atoms with Gasteiger partial charge in [0.05, 0.1) is 12.7 Å². The third kappa shape index (κ3) is 2.84. The molecule has 2 aromatic heterocycles. The maximum atomic E-state index is 13.3. The number of ether oxygens (including phenoxy) is 1. The monoisotopic (exact) mass is 329 g/mol. The van der Waals surface area contributed by atoms with Gasteiger partial charge in [-0.15, -0.1) is 0 Å². The molecule has 23 heavy (non-hydrogen) atoms. The van der Waals surface area contributed by atoms with Gasteiger partial charge in [0.15, 0.2) is 5.82 Å². The number of hydrogen-bond donors (Lipinski definition) is 1. The number of aromatic nitrogens is 4. The van der Waals surface area contributed by atoms with Gasteiger partial charge in [0.25, 0.3) is 5.88 Å². The van der Waals surface area contributed by atoms with Crippen LogP contribution in [0.15, 0.2) is 22.8 Å². The molecular weight excluding hydrogens is 322 g/mol. The summed E-state index contributed by atoms with van der Waals surface area (Å²) in [6.45, 7) is 0. The van der Waals surface area contributed by atoms with E-state index in [4.69, 9.17) is 4.74 Å². The molecule has 3 rings (SSSR count). The summed E-state index contributed by atoms with van der Waals surface area (Å²) in [6, 6.07) is 2.43. The fourth-order valence-electron chi connectivity index (χ4n) is 1.80. The summed E-state index contributed by atoms with van der Waals surface area (Å²) in [4.78, 5) is 7.90. The zero-order valence-electron chi connectivity index (χ0n) is 11.3. The minimum atomic E-state index is -4.82. The minimum Gasteiger partial charge on any atom is -0.478 e. The van der Waals surface area contributed by atoms with Crippen LogP contribution in [0.5, 0.6) is 5.88 Å². The van der Waals surface area contributed by atoms with Crippen LogP contribution in [-0.4, -0.2) is 27.4 Å². The molecule has 2 heterocycles. The highest BCUT2D eigenvalue weighted by atomic mass is 19.4. The van der Waals surface area contributed by atoms with Crippen molar-refractivity contribution < 1.29 is 26.9 Å². The molecule has 120 valence electrons. The molecular formula is C12H7F4N5O2. The van der Waals surface area contributed by atoms with E-state index in [9.17, 15) is 17.6 Å². The predicted octanol–water partition coefficient (Wildman–Crippen LogP) is 2.92. The summed E-state index contributed by atoms with van der Waals surface area (Å²) in [5, 5.41) is 9.51. The van der Waals surface area contributed by atoms with E-state index in [1.165, 1.54) is 7.11 Å². The second-order valence-electron chi connectivity index (χ2n) is 4.31. The van der Waals surface area contributed by atoms with Crippen molar-refractivity contribution in [1.82, 2.24) is 20.3 Å². The maximum absolute atomic E-state index is 13.3. The molecule has 0 spiro atoms. The predicted molar refractivity (Wildman–Crippen MR) is 68.6 cm³/mol. The van der Waals surface area contributed by atoms with Crippen LogP contribution in [0.2, 0.25) is 0 Å². The Balaban J connectivity index is 2.02. The topological polar surface area (TPSA) is 86.0 Å². The number of methoxy groups -OCH3 is 1. The molecule has 7 nitrogen and oxygen atoms in total. The van der Waals surface area contributed by atoms with E-state index in [0.29, 0.717) is 12.1 Å². The number of fused-ring (bicyclic) bond motifs is 1. The minimum absolute atomic E-state index is 0.0181. The van der Waals surface area contributed by atoms with Crippen LogP contribution in [0.25, 0.3) is 11.3 Å². The van der Waals surface area contributed by atoms with Gasteiger partial charge in [0.2, 0.25) is 11.3 Å². The molecule has 0 amide bonds. The van der Waals surface area contributed by atoms with E-state index >= 15 is 0 Å². The van der Waals surface area contributed by atoms with Gasteiger partial charge < -0.3 is 10.1 Å². The highest BCUT2D eigenvalue weighted by molar-refractivity contribution is 5.71. The van der Waals surface area contributed by atoms with E-state index < -0.39 is 17.6 Å². The molecule has 11 heteroatoms. The average Bonchev–Trinajstić information content (AvgIpc) is 2.94. The van der Waals surface area contributed by atoms with Crippen LogP contribution in [0.1, 0.15) is 5.56 Å². The zero-order chi connectivity index (χ0) is 16.6. The largest absolute Gasteiger partial charge is 0.478 e. The lowest BCUT2D eigenvalue weighted by Crippen LogP contribution is -2.09. The van der Waals surface area contributed by atoms with Crippen molar-refractivity contribution in [3.63, 3.8) is 0 Å². The van der Waals surface area contributed by atoms with Crippen LogP contribution < -0.4 is 10.1 Å². The highest BCUT2D eigenvalue weighted by Crippen LogP contribution is 2.34. The molecule has 0 fully saturated rings. The third-order valence-electron chi connectivity index (χ3n) is 2.81. The Kier molecular flexibility index (Phi) is 3.47. The first-order valence-corrected chi connectivity index (χ1v) is 6.06. The Morgan fingerprint density at radius 1 is 1.13 bits per heavy atom. The van der Waals surface area contributed by atoms with E-state index in [1.54, 1.807) is 0 Å². The molecule has 0 aliphatic carbocycles. The van der Waals surface area contributed by atoms with E-state index in [0.717, 1.165) is 6.07 Å². The lowest BCUT2D eigenvalue weighted by Gasteiger charge is -2.12. The number of nitrogens with one attached hydrogen (secondary N) is 1. The molecule has 0 saturated heterocycles. The average molecular weight is 329 g/mol. The molecule has 0 aliphatic heterocycles. The molecule has 0 aliphatic rings. The van der Waals surface area contributed by atoms with Crippen molar-refractivity contribution in [3.8, 4) is 5.88 Å². The number of alkyl halides is 3. The van der Waals surface area contributed by atoms with Crippen LogP contribution in [0, 0.1) is 5.82 Å². The molecule has 1 N–H and O–H groups in total. The summed E-state index contributed by atoms with van der Waals surface area (Å²) in [6.07, 6.45) is -4.82. The Bertz CT molecular complexity index is 864. The lowest BCUT2D eigenvalue weighted by atomic mass is 10.2. The molecule has 0 bridgehead atoms. The fraction of sp³-hybridized carbons (Fsp3) is 0.167. The number of anilines is 2. The summed E-state index contributed by atoms with van der Waals surface area (Å²) in [5.74, 6) is -1.43. The first-order chi connectivity index (χ1) is 10.9. The number of benzene rings is 1. The molecule has 3 aromatic rings. The quantitative estimate of drug-likeness (QED) is 0.739. The Morgan fingerprint density at radius 2 is 1.83 bits per heavy atom. The number of hydrogen-bond acceptors (Lipinski definition) is 7. The van der Waals surface area contributed by atoms with Crippen molar-refractivity contribution in [2.75, 3.05) is 12.4 Å². The Labute approximate surface area is 125 Å². The van der Waals surface area contributed by atoms with Gasteiger partial charge in [0.1, 0.15) is 5.82 Å². The van der Waals surface area contributed by atoms with Gasteiger partial charge in [0, 0.05) is 5.69 Å². The molecule has 1 aromatic carbocycles. The van der Waals surface area contributed by atoms with Crippen LogP contribution in [0.3, 0.4) is 0 Å². The molecule has 0 atom stereocenters. The van der Waals surface area contributed by atoms with Crippen molar-refractivity contribution in [2.24, 2.45) is 0 Å². The van der Waals surface area contributed by atoms with E-state index in [2.05, 4.69) is 30.2 Å². The van der Waals surface area contributed by atoms with Crippen molar-refractivity contribution in [1.29, 1.82) is 0 Å². The highest BCUT2D eigenvalue weighted by Gasteiger charge is 2.34. The van der Waals surface area contributed by atoms with Crippen molar-refractivity contribution >= 4 is 22.8 Å². The molecule has 0 unspecified atom stereocenters. The summed E-state index contributed by atoms with van der Waals surface area (Å²) >= 11 is 0. The van der Waals surface area contributed by atoms with Gasteiger partial charge in [-0.3, -0.25) is 0 Å². The summed E-state index contributed by atoms with van der Waals surface area (Å²) in [5.41, 5.74) is -1.35. The van der Waals surface area contributed by atoms with Gasteiger partial charge in [-0.1, -0.05) is 0 Å². The smallest absolute Gasteiger partial charge is 0.419 e. The normalized spacial score (nSPS) is 11.7. The maximum Gasteiger partial charge on any atom is 0.419 e. The molecule has 0 saturated carbocycles. The first-order valence-electron chi connectivity index (χ1n) is 6.06. The van der Waals surface area contributed by atoms with Gasteiger partial charge >= 0.3 is 6.18 Å². The summed E-state index contributed by atoms with van der Waals surface area (Å²) in [7, 11) is 1.29. The first kappa shape index (κ1) is 14.9. The van der Waals surface area contributed by atoms with Crippen molar-refractivity contribution in [3.05, 3.63) is 29.6 Å². The standard InChI is InChI=1S/C12H7F4N5O2/c1-22-11-10(18-8-9(19-11)21-23-20-8)17-5-2-3-7(13)6(4-5)12(14,15)16/h2-4H,1H3,(H,17,18,20). The van der Waals surface area contributed by atoms with Gasteiger partial charge in [-0.25, -0.2) is 9.02 Å². The SMILES string of the molecule is COc1nc2nonc2nc1Nc1ccc(F)c(C(F)(F)F)c1. The lowest BCUT2D eigenvalue weighted by molar-refractivity contribution is -0.139. The van der Waals surface area contributed by atoms with E-state index in [-0.39, 0.29) is 28.7 Å². The fourth-order valence-corrected chi connectivity index (χ4v) is 1.80. The number of nitrogens with zero attached hydrogens (tertiary/aromatic N) is 4. The van der Waals surface area contributed by atoms with Gasteiger partial charge in [-0.2, -0.15) is 23.1 Å². The number of rotatable bonds is 3. The zero-order valence-corrected chi connectivity index (χ0v) is 11.3. The van der Waals surface area contributed by atoms with Crippen LogP contribution in [-0.2, 0) is 6.18 Å². The summed E-state index contributed by atoms with van der Waals surface area (Å²) < 4.78 is 60.9. The Hall–Kier alpha value is -2.98. The van der Waals surface area contributed by atoms with Crippen molar-refractivity contribution in [2.45, 2.75) is 6.18 Å². The van der Waals surface area contributed by atoms with Crippen LogP contribution >= 0.6 is 0 Å².